The van der Waals surface area contributed by atoms with Crippen LogP contribution in [0.25, 0.3) is 0 Å². The number of aromatic nitrogens is 3. The molecule has 0 N–H and O–H groups in total. The van der Waals surface area contributed by atoms with Crippen LogP contribution in [-0.4, -0.2) is 32.3 Å². The summed E-state index contributed by atoms with van der Waals surface area (Å²) in [6.45, 7) is 6.73. The Kier molecular flexibility index (Phi) is 3.89. The Hall–Kier alpha value is -0.720. The smallest absolute Gasteiger partial charge is 0.197 e. The largest absolute Gasteiger partial charge is 0.342 e. The van der Waals surface area contributed by atoms with Gasteiger partial charge >= 0.3 is 0 Å². The van der Waals surface area contributed by atoms with Crippen LogP contribution in [0.15, 0.2) is 6.33 Å². The van der Waals surface area contributed by atoms with Gasteiger partial charge in [0, 0.05) is 7.05 Å². The van der Waals surface area contributed by atoms with Gasteiger partial charge in [-0.05, 0) is 32.0 Å². The molecular formula is C12H21N3O2S. The van der Waals surface area contributed by atoms with E-state index >= 15 is 0 Å². The highest BCUT2D eigenvalue weighted by Crippen LogP contribution is 2.32. The molecule has 18 heavy (non-hydrogen) atoms. The first-order valence-electron chi connectivity index (χ1n) is 6.43. The molecule has 102 valence electrons. The molecule has 2 rings (SSSR count). The molecular weight excluding hydrogens is 250 g/mol. The van der Waals surface area contributed by atoms with Crippen LogP contribution in [0.5, 0.6) is 0 Å². The van der Waals surface area contributed by atoms with Crippen LogP contribution in [0.4, 0.5) is 0 Å². The first-order chi connectivity index (χ1) is 8.49. The van der Waals surface area contributed by atoms with Crippen LogP contribution in [0, 0.1) is 4.77 Å². The van der Waals surface area contributed by atoms with Crippen molar-refractivity contribution in [3.05, 3.63) is 11.1 Å². The molecule has 0 saturated carbocycles. The van der Waals surface area contributed by atoms with E-state index in [2.05, 4.69) is 18.9 Å². The summed E-state index contributed by atoms with van der Waals surface area (Å²) in [6.07, 6.45) is 3.95. The summed E-state index contributed by atoms with van der Waals surface area (Å²) in [6, 6.07) is 0. The van der Waals surface area contributed by atoms with Gasteiger partial charge < -0.3 is 14.0 Å². The molecule has 1 fully saturated rings. The first-order valence-corrected chi connectivity index (χ1v) is 6.84. The fourth-order valence-electron chi connectivity index (χ4n) is 2.39. The monoisotopic (exact) mass is 271 g/mol. The zero-order valence-electron chi connectivity index (χ0n) is 11.4. The Balaban J connectivity index is 2.14. The number of rotatable bonds is 4. The van der Waals surface area contributed by atoms with E-state index in [1.807, 2.05) is 18.5 Å². The fourth-order valence-corrected chi connectivity index (χ4v) is 2.55. The van der Waals surface area contributed by atoms with Crippen molar-refractivity contribution in [1.29, 1.82) is 0 Å². The van der Waals surface area contributed by atoms with Gasteiger partial charge in [0.05, 0.1) is 18.8 Å². The molecule has 1 aromatic heterocycles. The Bertz CT molecular complexity index is 456. The minimum absolute atomic E-state index is 0.165. The molecule has 0 aliphatic carbocycles. The van der Waals surface area contributed by atoms with Gasteiger partial charge in [-0.3, -0.25) is 0 Å². The molecule has 1 aliphatic heterocycles. The fraction of sp³-hybridized carbons (Fsp3) is 0.833. The minimum atomic E-state index is -0.631. The van der Waals surface area contributed by atoms with Crippen molar-refractivity contribution < 1.29 is 9.47 Å². The van der Waals surface area contributed by atoms with Crippen LogP contribution >= 0.6 is 12.2 Å². The number of aryl methyl sites for hydroxylation is 1. The number of hydrogen-bond donors (Lipinski definition) is 0. The lowest BCUT2D eigenvalue weighted by Gasteiger charge is -2.23. The van der Waals surface area contributed by atoms with E-state index in [1.54, 1.807) is 11.0 Å². The van der Waals surface area contributed by atoms with E-state index in [9.17, 15) is 0 Å². The number of nitrogens with zero attached hydrogens (tertiary/aromatic N) is 3. The second-order valence-corrected chi connectivity index (χ2v) is 5.31. The zero-order chi connectivity index (χ0) is 13.3. The molecule has 0 aromatic carbocycles. The van der Waals surface area contributed by atoms with Crippen LogP contribution < -0.4 is 0 Å². The summed E-state index contributed by atoms with van der Waals surface area (Å²) in [7, 11) is 1.88. The number of hydrogen-bond acceptors (Lipinski definition) is 4. The molecule has 0 bridgehead atoms. The van der Waals surface area contributed by atoms with Gasteiger partial charge in [-0.1, -0.05) is 13.8 Å². The van der Waals surface area contributed by atoms with Crippen molar-refractivity contribution in [1.82, 2.24) is 14.3 Å². The lowest BCUT2D eigenvalue weighted by molar-refractivity contribution is -0.172. The minimum Gasteiger partial charge on any atom is -0.342 e. The molecule has 1 aliphatic rings. The van der Waals surface area contributed by atoms with Crippen LogP contribution in [0.3, 0.4) is 0 Å². The van der Waals surface area contributed by atoms with Gasteiger partial charge in [0.1, 0.15) is 6.33 Å². The maximum atomic E-state index is 6.03. The Labute approximate surface area is 113 Å². The van der Waals surface area contributed by atoms with E-state index in [0.717, 1.165) is 12.8 Å². The third kappa shape index (κ3) is 2.50. The van der Waals surface area contributed by atoms with Crippen LogP contribution in [-0.2, 0) is 23.1 Å². The van der Waals surface area contributed by atoms with E-state index in [-0.39, 0.29) is 12.2 Å². The van der Waals surface area contributed by atoms with Crippen molar-refractivity contribution >= 4 is 12.2 Å². The Morgan fingerprint density at radius 1 is 1.33 bits per heavy atom. The molecule has 5 nitrogen and oxygen atoms in total. The van der Waals surface area contributed by atoms with Crippen LogP contribution in [0.2, 0.25) is 0 Å². The van der Waals surface area contributed by atoms with Crippen molar-refractivity contribution in [3.8, 4) is 0 Å². The van der Waals surface area contributed by atoms with E-state index in [1.165, 1.54) is 0 Å². The highest BCUT2D eigenvalue weighted by molar-refractivity contribution is 7.71. The SMILES string of the molecule is CCC1OC(C)(Cn2ncn(C)c2=S)OC1CC. The average molecular weight is 271 g/mol. The Morgan fingerprint density at radius 2 is 1.89 bits per heavy atom. The zero-order valence-corrected chi connectivity index (χ0v) is 12.2. The molecule has 6 heteroatoms. The lowest BCUT2D eigenvalue weighted by atomic mass is 10.1. The van der Waals surface area contributed by atoms with E-state index in [4.69, 9.17) is 21.7 Å². The summed E-state index contributed by atoms with van der Waals surface area (Å²) in [4.78, 5) is 0. The second-order valence-electron chi connectivity index (χ2n) is 4.94. The predicted molar refractivity (Wildman–Crippen MR) is 70.8 cm³/mol. The maximum Gasteiger partial charge on any atom is 0.197 e. The standard InChI is InChI=1S/C12H21N3O2S/c1-5-9-10(6-2)17-12(3,16-9)7-15-11(18)14(4)8-13-15/h8-10H,5-7H2,1-4H3. The third-order valence-electron chi connectivity index (χ3n) is 3.34. The van der Waals surface area contributed by atoms with Crippen molar-refractivity contribution in [2.45, 2.75) is 58.2 Å². The van der Waals surface area contributed by atoms with Crippen molar-refractivity contribution in [2.24, 2.45) is 7.05 Å². The summed E-state index contributed by atoms with van der Waals surface area (Å²) in [5.74, 6) is -0.631. The average Bonchev–Trinajstić information content (AvgIpc) is 2.84. The first kappa shape index (κ1) is 13.7. The second kappa shape index (κ2) is 5.11. The van der Waals surface area contributed by atoms with Gasteiger partial charge in [-0.2, -0.15) is 5.10 Å². The van der Waals surface area contributed by atoms with Gasteiger partial charge in [-0.15, -0.1) is 0 Å². The predicted octanol–water partition coefficient (Wildman–Crippen LogP) is 2.27. The number of ether oxygens (including phenoxy) is 2. The van der Waals surface area contributed by atoms with E-state index in [0.29, 0.717) is 11.3 Å². The molecule has 0 radical (unpaired) electrons. The Morgan fingerprint density at radius 3 is 2.28 bits per heavy atom. The molecule has 1 saturated heterocycles. The normalized spacial score (nSPS) is 32.0. The molecule has 0 amide bonds. The molecule has 2 atom stereocenters. The molecule has 2 heterocycles. The van der Waals surface area contributed by atoms with Crippen molar-refractivity contribution in [2.75, 3.05) is 0 Å². The van der Waals surface area contributed by atoms with Gasteiger partial charge in [0.25, 0.3) is 0 Å². The topological polar surface area (TPSA) is 41.2 Å². The van der Waals surface area contributed by atoms with E-state index < -0.39 is 5.79 Å². The van der Waals surface area contributed by atoms with Crippen LogP contribution in [0.1, 0.15) is 33.6 Å². The lowest BCUT2D eigenvalue weighted by Crippen LogP contribution is -2.33. The third-order valence-corrected chi connectivity index (χ3v) is 3.84. The quantitative estimate of drug-likeness (QED) is 0.788. The van der Waals surface area contributed by atoms with Gasteiger partial charge in [0.15, 0.2) is 10.6 Å². The van der Waals surface area contributed by atoms with Gasteiger partial charge in [-0.25, -0.2) is 4.68 Å². The highest BCUT2D eigenvalue weighted by atomic mass is 32.1. The molecule has 2 unspecified atom stereocenters. The summed E-state index contributed by atoms with van der Waals surface area (Å²) >= 11 is 5.28. The summed E-state index contributed by atoms with van der Waals surface area (Å²) in [5, 5.41) is 4.24. The molecule has 1 aromatic rings. The summed E-state index contributed by atoms with van der Waals surface area (Å²) in [5.41, 5.74) is 0. The van der Waals surface area contributed by atoms with Gasteiger partial charge in [0.2, 0.25) is 0 Å². The highest BCUT2D eigenvalue weighted by Gasteiger charge is 2.43. The molecule has 0 spiro atoms. The maximum absolute atomic E-state index is 6.03. The van der Waals surface area contributed by atoms with Crippen molar-refractivity contribution in [3.63, 3.8) is 0 Å². The summed E-state index contributed by atoms with van der Waals surface area (Å²) < 4.78 is 16.3.